The molecule has 0 aliphatic carbocycles. The van der Waals surface area contributed by atoms with Crippen LogP contribution >= 0.6 is 27.5 Å². The first-order valence-corrected chi connectivity index (χ1v) is 7.19. The van der Waals surface area contributed by atoms with E-state index in [1.165, 1.54) is 6.92 Å². The van der Waals surface area contributed by atoms with Gasteiger partial charge in [-0.15, -0.1) is 0 Å². The van der Waals surface area contributed by atoms with Gasteiger partial charge in [0.25, 0.3) is 0 Å². The molecule has 1 N–H and O–H groups in total. The molecule has 20 heavy (non-hydrogen) atoms. The maximum Gasteiger partial charge on any atom is 0.164 e. The van der Waals surface area contributed by atoms with Gasteiger partial charge in [0.2, 0.25) is 0 Å². The summed E-state index contributed by atoms with van der Waals surface area (Å²) >= 11 is 9.36. The summed E-state index contributed by atoms with van der Waals surface area (Å²) in [5.41, 5.74) is 1.30. The van der Waals surface area contributed by atoms with Gasteiger partial charge in [-0.1, -0.05) is 39.7 Å². The molecule has 0 aromatic heterocycles. The van der Waals surface area contributed by atoms with Gasteiger partial charge in [-0.3, -0.25) is 0 Å². The molecule has 2 rings (SSSR count). The highest BCUT2D eigenvalue weighted by Crippen LogP contribution is 2.30. The van der Waals surface area contributed by atoms with Crippen LogP contribution in [-0.2, 0) is 0 Å². The van der Waals surface area contributed by atoms with E-state index in [0.717, 1.165) is 10.0 Å². The Balaban J connectivity index is 2.55. The average Bonchev–Trinajstić information content (AvgIpc) is 2.38. The van der Waals surface area contributed by atoms with Gasteiger partial charge in [0.15, 0.2) is 11.6 Å². The van der Waals surface area contributed by atoms with Crippen LogP contribution in [0.1, 0.15) is 22.7 Å². The van der Waals surface area contributed by atoms with E-state index in [2.05, 4.69) is 21.2 Å². The molecule has 1 unspecified atom stereocenters. The predicted octanol–water partition coefficient (Wildman–Crippen LogP) is 5.00. The van der Waals surface area contributed by atoms with E-state index in [0.29, 0.717) is 5.02 Å². The zero-order chi connectivity index (χ0) is 14.9. The highest BCUT2D eigenvalue weighted by Gasteiger charge is 2.20. The molecule has 1 nitrogen and oxygen atoms in total. The number of rotatable bonds is 3. The highest BCUT2D eigenvalue weighted by molar-refractivity contribution is 9.10. The molecule has 0 amide bonds. The molecule has 0 aliphatic rings. The lowest BCUT2D eigenvalue weighted by molar-refractivity contribution is 0.482. The van der Waals surface area contributed by atoms with E-state index >= 15 is 0 Å². The number of benzene rings is 2. The zero-order valence-electron chi connectivity index (χ0n) is 11.0. The molecule has 106 valence electrons. The van der Waals surface area contributed by atoms with Crippen LogP contribution in [0.2, 0.25) is 5.02 Å². The fraction of sp³-hybridized carbons (Fsp3) is 0.200. The lowest BCUT2D eigenvalue weighted by Gasteiger charge is -2.19. The number of nitrogens with one attached hydrogen (secondary N) is 1. The minimum Gasteiger partial charge on any atom is -0.309 e. The summed E-state index contributed by atoms with van der Waals surface area (Å²) < 4.78 is 28.6. The lowest BCUT2D eigenvalue weighted by Crippen LogP contribution is -2.19. The van der Waals surface area contributed by atoms with Crippen molar-refractivity contribution in [1.29, 1.82) is 0 Å². The normalized spacial score (nSPS) is 12.5. The molecule has 0 fully saturated rings. The fourth-order valence-electron chi connectivity index (χ4n) is 2.13. The second-order valence-electron chi connectivity index (χ2n) is 4.52. The van der Waals surface area contributed by atoms with E-state index in [1.807, 2.05) is 6.07 Å². The van der Waals surface area contributed by atoms with Gasteiger partial charge in [0.1, 0.15) is 0 Å². The van der Waals surface area contributed by atoms with Crippen LogP contribution in [0.3, 0.4) is 0 Å². The summed E-state index contributed by atoms with van der Waals surface area (Å²) in [4.78, 5) is 0. The van der Waals surface area contributed by atoms with Gasteiger partial charge in [-0.25, -0.2) is 8.78 Å². The van der Waals surface area contributed by atoms with Crippen LogP contribution in [0.15, 0.2) is 34.8 Å². The largest absolute Gasteiger partial charge is 0.309 e. The first-order valence-electron chi connectivity index (χ1n) is 6.01. The van der Waals surface area contributed by atoms with Crippen LogP contribution in [0, 0.1) is 18.6 Å². The summed E-state index contributed by atoms with van der Waals surface area (Å²) in [5.74, 6) is -1.65. The van der Waals surface area contributed by atoms with Crippen molar-refractivity contribution in [2.24, 2.45) is 0 Å². The minimum absolute atomic E-state index is 0.254. The Kier molecular flexibility index (Phi) is 4.78. The van der Waals surface area contributed by atoms with E-state index < -0.39 is 17.7 Å². The number of hydrogen-bond donors (Lipinski definition) is 1. The van der Waals surface area contributed by atoms with Gasteiger partial charge in [-0.05, 0) is 43.3 Å². The Morgan fingerprint density at radius 1 is 1.15 bits per heavy atom. The molecule has 0 saturated heterocycles. The Bertz CT molecular complexity index is 626. The molecule has 0 saturated carbocycles. The molecule has 1 atom stereocenters. The summed E-state index contributed by atoms with van der Waals surface area (Å²) in [6, 6.07) is 7.97. The second-order valence-corrected chi connectivity index (χ2v) is 5.88. The van der Waals surface area contributed by atoms with Crippen molar-refractivity contribution in [2.45, 2.75) is 13.0 Å². The van der Waals surface area contributed by atoms with Crippen LogP contribution in [0.5, 0.6) is 0 Å². The average molecular weight is 361 g/mol. The van der Waals surface area contributed by atoms with E-state index in [1.54, 1.807) is 31.3 Å². The second kappa shape index (κ2) is 6.20. The molecular weight excluding hydrogens is 348 g/mol. The first-order chi connectivity index (χ1) is 9.43. The van der Waals surface area contributed by atoms with Gasteiger partial charge in [-0.2, -0.15) is 0 Å². The molecule has 0 spiro atoms. The quantitative estimate of drug-likeness (QED) is 0.812. The predicted molar refractivity (Wildman–Crippen MR) is 81.1 cm³/mol. The molecule has 0 heterocycles. The Hall–Kier alpha value is -0.970. The van der Waals surface area contributed by atoms with Gasteiger partial charge in [0.05, 0.1) is 6.04 Å². The number of aryl methyl sites for hydroxylation is 1. The van der Waals surface area contributed by atoms with Crippen LogP contribution in [0.4, 0.5) is 8.78 Å². The van der Waals surface area contributed by atoms with Crippen LogP contribution in [0.25, 0.3) is 0 Å². The van der Waals surface area contributed by atoms with Crippen molar-refractivity contribution in [3.63, 3.8) is 0 Å². The summed E-state index contributed by atoms with van der Waals surface area (Å²) in [5, 5.41) is 3.52. The van der Waals surface area contributed by atoms with Crippen molar-refractivity contribution in [2.75, 3.05) is 7.05 Å². The van der Waals surface area contributed by atoms with Crippen molar-refractivity contribution in [1.82, 2.24) is 5.32 Å². The highest BCUT2D eigenvalue weighted by atomic mass is 79.9. The monoisotopic (exact) mass is 359 g/mol. The zero-order valence-corrected chi connectivity index (χ0v) is 13.3. The standard InChI is InChI=1S/C15H13BrClF2N/c1-8-3-4-12(14(19)13(8)18)15(20-2)9-5-10(16)7-11(17)6-9/h3-7,15,20H,1-2H3. The van der Waals surface area contributed by atoms with Gasteiger partial charge >= 0.3 is 0 Å². The maximum absolute atomic E-state index is 14.1. The summed E-state index contributed by atoms with van der Waals surface area (Å²) in [7, 11) is 1.69. The van der Waals surface area contributed by atoms with Crippen molar-refractivity contribution >= 4 is 27.5 Å². The third kappa shape index (κ3) is 3.03. The van der Waals surface area contributed by atoms with Gasteiger partial charge < -0.3 is 5.32 Å². The lowest BCUT2D eigenvalue weighted by atomic mass is 9.97. The van der Waals surface area contributed by atoms with Gasteiger partial charge in [0, 0.05) is 15.1 Å². The maximum atomic E-state index is 14.1. The van der Waals surface area contributed by atoms with E-state index in [-0.39, 0.29) is 11.1 Å². The Labute approximate surface area is 130 Å². The Morgan fingerprint density at radius 3 is 2.45 bits per heavy atom. The van der Waals surface area contributed by atoms with Crippen LogP contribution < -0.4 is 5.32 Å². The van der Waals surface area contributed by atoms with E-state index in [4.69, 9.17) is 11.6 Å². The smallest absolute Gasteiger partial charge is 0.164 e. The first kappa shape index (κ1) is 15.4. The van der Waals surface area contributed by atoms with Crippen molar-refractivity contribution < 1.29 is 8.78 Å². The molecule has 0 bridgehead atoms. The van der Waals surface area contributed by atoms with Crippen LogP contribution in [-0.4, -0.2) is 7.05 Å². The Morgan fingerprint density at radius 2 is 1.85 bits per heavy atom. The molecular formula is C15H13BrClF2N. The SMILES string of the molecule is CNC(c1cc(Cl)cc(Br)c1)c1ccc(C)c(F)c1F. The molecule has 0 aliphatic heterocycles. The topological polar surface area (TPSA) is 12.0 Å². The van der Waals surface area contributed by atoms with Crippen molar-refractivity contribution in [3.8, 4) is 0 Å². The fourth-order valence-corrected chi connectivity index (χ4v) is 3.01. The summed E-state index contributed by atoms with van der Waals surface area (Å²) in [6.45, 7) is 1.53. The number of halogens is 4. The number of hydrogen-bond acceptors (Lipinski definition) is 1. The third-order valence-corrected chi connectivity index (χ3v) is 3.80. The summed E-state index contributed by atoms with van der Waals surface area (Å²) in [6.07, 6.45) is 0. The molecule has 2 aromatic carbocycles. The third-order valence-electron chi connectivity index (χ3n) is 3.12. The minimum atomic E-state index is -0.833. The molecule has 5 heteroatoms. The molecule has 2 aromatic rings. The van der Waals surface area contributed by atoms with E-state index in [9.17, 15) is 8.78 Å². The van der Waals surface area contributed by atoms with Crippen molar-refractivity contribution in [3.05, 3.63) is 68.2 Å². The molecule has 0 radical (unpaired) electrons.